The van der Waals surface area contributed by atoms with Crippen LogP contribution in [-0.4, -0.2) is 23.2 Å². The summed E-state index contributed by atoms with van der Waals surface area (Å²) in [4.78, 5) is 11.1. The fraction of sp³-hybridized carbons (Fsp3) is 0.300. The van der Waals surface area contributed by atoms with Crippen molar-refractivity contribution in [2.45, 2.75) is 25.6 Å². The Hall–Kier alpha value is -1.48. The Morgan fingerprint density at radius 2 is 1.32 bits per heavy atom. The molecule has 0 atom stereocenters. The number of benzene rings is 2. The zero-order chi connectivity index (χ0) is 19.7. The molecule has 28 heavy (non-hydrogen) atoms. The molecule has 0 bridgehead atoms. The van der Waals surface area contributed by atoms with Gasteiger partial charge in [0.1, 0.15) is 0 Å². The Morgan fingerprint density at radius 3 is 2.00 bits per heavy atom. The highest BCUT2D eigenvalue weighted by Gasteiger charge is 2.09. The second-order valence-corrected chi connectivity index (χ2v) is 10.9. The van der Waals surface area contributed by atoms with E-state index in [9.17, 15) is 0 Å². The van der Waals surface area contributed by atoms with Gasteiger partial charge in [-0.05, 0) is 49.2 Å². The zero-order valence-electron chi connectivity index (χ0n) is 16.3. The topological polar surface area (TPSA) is 34.6 Å². The molecule has 0 radical (unpaired) electrons. The first-order chi connectivity index (χ1) is 13.6. The second kappa shape index (κ2) is 8.49. The Labute approximate surface area is 180 Å². The third-order valence-corrected chi connectivity index (χ3v) is 8.81. The van der Waals surface area contributed by atoms with Crippen molar-refractivity contribution in [3.63, 3.8) is 0 Å². The summed E-state index contributed by atoms with van der Waals surface area (Å²) < 4.78 is 7.21. The molecule has 146 valence electrons. The molecule has 0 aliphatic heterocycles. The van der Waals surface area contributed by atoms with Crippen LogP contribution in [0, 0.1) is 13.8 Å². The van der Waals surface area contributed by atoms with Gasteiger partial charge in [0, 0.05) is 14.1 Å². The first-order valence-corrected chi connectivity index (χ1v) is 13.0. The highest BCUT2D eigenvalue weighted by Crippen LogP contribution is 2.29. The molecule has 0 saturated carbocycles. The molecule has 2 heterocycles. The number of aryl methyl sites for hydroxylation is 2. The van der Waals surface area contributed by atoms with Gasteiger partial charge in [0.2, 0.25) is 0 Å². The van der Waals surface area contributed by atoms with Crippen LogP contribution in [0.5, 0.6) is 0 Å². The predicted molar refractivity (Wildman–Crippen MR) is 127 cm³/mol. The molecule has 0 unspecified atom stereocenters. The maximum absolute atomic E-state index is 4.48. The second-order valence-electron chi connectivity index (χ2n) is 6.51. The van der Waals surface area contributed by atoms with Gasteiger partial charge in [-0.3, -0.25) is 9.98 Å². The first-order valence-electron chi connectivity index (χ1n) is 8.91. The first kappa shape index (κ1) is 19.8. The predicted octanol–water partition coefficient (Wildman–Crippen LogP) is 5.39. The van der Waals surface area contributed by atoms with Crippen molar-refractivity contribution in [2.24, 2.45) is 9.98 Å². The van der Waals surface area contributed by atoms with Crippen molar-refractivity contribution in [3.05, 3.63) is 57.1 Å². The number of thiazole rings is 2. The van der Waals surface area contributed by atoms with Crippen LogP contribution in [0.1, 0.15) is 11.1 Å². The zero-order valence-corrected chi connectivity index (χ0v) is 19.6. The number of aromatic nitrogens is 2. The van der Waals surface area contributed by atoms with Crippen molar-refractivity contribution in [1.82, 2.24) is 9.13 Å². The van der Waals surface area contributed by atoms with Crippen LogP contribution < -0.4 is 9.60 Å². The maximum atomic E-state index is 4.48. The maximum Gasteiger partial charge on any atom is 0.186 e. The highest BCUT2D eigenvalue weighted by atomic mass is 33.1. The van der Waals surface area contributed by atoms with Gasteiger partial charge in [-0.25, -0.2) is 0 Å². The minimum absolute atomic E-state index is 0.876. The fourth-order valence-electron chi connectivity index (χ4n) is 3.13. The van der Waals surface area contributed by atoms with E-state index in [0.717, 1.165) is 21.4 Å². The van der Waals surface area contributed by atoms with Crippen molar-refractivity contribution in [1.29, 1.82) is 0 Å². The van der Waals surface area contributed by atoms with Gasteiger partial charge in [0.05, 0.1) is 32.2 Å². The Balaban J connectivity index is 1.54. The lowest BCUT2D eigenvalue weighted by Crippen LogP contribution is -2.14. The molecule has 2 aromatic heterocycles. The molecule has 0 fully saturated rings. The summed E-state index contributed by atoms with van der Waals surface area (Å²) in [6, 6.07) is 13.2. The monoisotopic (exact) mass is 446 g/mol. The molecular formula is C20H22N4S4. The van der Waals surface area contributed by atoms with E-state index in [0.29, 0.717) is 0 Å². The summed E-state index contributed by atoms with van der Waals surface area (Å²) in [5.74, 6) is 1.75. The molecular weight excluding hydrogens is 425 g/mol. The van der Waals surface area contributed by atoms with Crippen LogP contribution in [0.3, 0.4) is 0 Å². The van der Waals surface area contributed by atoms with Gasteiger partial charge in [-0.1, -0.05) is 56.4 Å². The molecule has 0 N–H and O–H groups in total. The molecule has 8 heteroatoms. The SMILES string of the molecule is CN=c1sc2cc(C)ccc2n1CSSCn1c(=NC)sc2ccc(C)cc21. The van der Waals surface area contributed by atoms with Gasteiger partial charge >= 0.3 is 0 Å². The number of nitrogens with zero attached hydrogens (tertiary/aromatic N) is 4. The van der Waals surface area contributed by atoms with E-state index in [1.165, 1.54) is 31.6 Å². The van der Waals surface area contributed by atoms with Gasteiger partial charge in [-0.15, -0.1) is 0 Å². The Kier molecular flexibility index (Phi) is 6.01. The molecule has 2 aromatic carbocycles. The molecule has 4 nitrogen and oxygen atoms in total. The lowest BCUT2D eigenvalue weighted by Gasteiger charge is -2.07. The summed E-state index contributed by atoms with van der Waals surface area (Å²) >= 11 is 3.51. The van der Waals surface area contributed by atoms with E-state index in [4.69, 9.17) is 0 Å². The summed E-state index contributed by atoms with van der Waals surface area (Å²) in [5.41, 5.74) is 5.10. The number of hydrogen-bond donors (Lipinski definition) is 0. The fourth-order valence-corrected chi connectivity index (χ4v) is 7.31. The van der Waals surface area contributed by atoms with Crippen LogP contribution in [0.25, 0.3) is 20.4 Å². The standard InChI is InChI=1S/C20H22N4S4/c1-13-6-8-17-16(9-13)24(20(22-4)27-17)12-26-25-11-23-15-7-5-14(2)10-18(15)28-19(23)21-3/h5-10H,11-12H2,1-4H3. The molecule has 4 aromatic rings. The van der Waals surface area contributed by atoms with E-state index in [1.807, 2.05) is 35.7 Å². The Bertz CT molecular complexity index is 1270. The number of fused-ring (bicyclic) bond motifs is 2. The van der Waals surface area contributed by atoms with Crippen LogP contribution in [0.15, 0.2) is 46.4 Å². The van der Waals surface area contributed by atoms with Crippen molar-refractivity contribution in [2.75, 3.05) is 14.1 Å². The minimum atomic E-state index is 0.876. The van der Waals surface area contributed by atoms with Gasteiger partial charge in [0.15, 0.2) is 9.60 Å². The molecule has 0 saturated heterocycles. The van der Waals surface area contributed by atoms with E-state index < -0.39 is 0 Å². The number of rotatable bonds is 5. The van der Waals surface area contributed by atoms with Crippen LogP contribution in [0.4, 0.5) is 0 Å². The average molecular weight is 447 g/mol. The Morgan fingerprint density at radius 1 is 0.750 bits per heavy atom. The van der Waals surface area contributed by atoms with Crippen molar-refractivity contribution >= 4 is 64.7 Å². The molecule has 0 amide bonds. The normalized spacial score (nSPS) is 13.3. The highest BCUT2D eigenvalue weighted by molar-refractivity contribution is 8.76. The smallest absolute Gasteiger partial charge is 0.186 e. The minimum Gasteiger partial charge on any atom is -0.306 e. The quantitative estimate of drug-likeness (QED) is 0.304. The van der Waals surface area contributed by atoms with E-state index >= 15 is 0 Å². The van der Waals surface area contributed by atoms with Gasteiger partial charge in [0.25, 0.3) is 0 Å². The van der Waals surface area contributed by atoms with E-state index in [2.05, 4.69) is 69.4 Å². The molecule has 0 aliphatic carbocycles. The molecule has 0 spiro atoms. The molecule has 4 rings (SSSR count). The average Bonchev–Trinajstić information content (AvgIpc) is 3.22. The van der Waals surface area contributed by atoms with Crippen LogP contribution in [-0.2, 0) is 11.8 Å². The summed E-state index contributed by atoms with van der Waals surface area (Å²) in [6.45, 7) is 4.28. The summed E-state index contributed by atoms with van der Waals surface area (Å²) in [7, 11) is 7.46. The van der Waals surface area contributed by atoms with Crippen LogP contribution in [0.2, 0.25) is 0 Å². The summed E-state index contributed by atoms with van der Waals surface area (Å²) in [6.07, 6.45) is 0. The van der Waals surface area contributed by atoms with Gasteiger partial charge in [-0.2, -0.15) is 0 Å². The van der Waals surface area contributed by atoms with E-state index in [-0.39, 0.29) is 0 Å². The third-order valence-electron chi connectivity index (χ3n) is 4.51. The van der Waals surface area contributed by atoms with Gasteiger partial charge < -0.3 is 9.13 Å². The van der Waals surface area contributed by atoms with Crippen LogP contribution >= 0.6 is 44.3 Å². The summed E-state index contributed by atoms with van der Waals surface area (Å²) in [5, 5.41) is 0. The van der Waals surface area contributed by atoms with Crippen molar-refractivity contribution < 1.29 is 0 Å². The third kappa shape index (κ3) is 3.83. The molecule has 0 aliphatic rings. The largest absolute Gasteiger partial charge is 0.306 e. The number of hydrogen-bond acceptors (Lipinski definition) is 6. The van der Waals surface area contributed by atoms with E-state index in [1.54, 1.807) is 22.7 Å². The lowest BCUT2D eigenvalue weighted by molar-refractivity contribution is 0.880. The van der Waals surface area contributed by atoms with Crippen molar-refractivity contribution in [3.8, 4) is 0 Å². The lowest BCUT2D eigenvalue weighted by atomic mass is 10.2.